The molecular formula is C20H23ClN2O5. The van der Waals surface area contributed by atoms with E-state index in [4.69, 9.17) is 26.2 Å². The number of carbonyl (C=O) groups excluding carboxylic acids is 1. The Morgan fingerprint density at radius 3 is 2.50 bits per heavy atom. The van der Waals surface area contributed by atoms with Gasteiger partial charge in [0.1, 0.15) is 6.04 Å². The van der Waals surface area contributed by atoms with E-state index in [-0.39, 0.29) is 29.8 Å². The second kappa shape index (κ2) is 9.96. The molecule has 2 aromatic carbocycles. The summed E-state index contributed by atoms with van der Waals surface area (Å²) < 4.78 is 10.9. The number of carbonyl (C=O) groups is 2. The molecule has 0 fully saturated rings. The standard InChI is InChI=1S/C20H23ClN2O5/c1-12-4-6-15(7-5-12)23-18(24)11-28-19-16(21)8-14(9-17(19)27-3)10-22-13(2)20(25)26/h4-9,13,22H,10-11H2,1-3H3,(H,23,24)(H,25,26). The number of halogens is 1. The molecular weight excluding hydrogens is 384 g/mol. The van der Waals surface area contributed by atoms with Gasteiger partial charge in [-0.05, 0) is 43.7 Å². The molecule has 2 aromatic rings. The van der Waals surface area contributed by atoms with E-state index in [2.05, 4.69) is 10.6 Å². The van der Waals surface area contributed by atoms with Gasteiger partial charge in [0.2, 0.25) is 0 Å². The van der Waals surface area contributed by atoms with Gasteiger partial charge in [-0.25, -0.2) is 0 Å². The molecule has 1 unspecified atom stereocenters. The van der Waals surface area contributed by atoms with Crippen LogP contribution in [-0.2, 0) is 16.1 Å². The van der Waals surface area contributed by atoms with Gasteiger partial charge in [-0.15, -0.1) is 0 Å². The Hall–Kier alpha value is -2.77. The van der Waals surface area contributed by atoms with Crippen LogP contribution < -0.4 is 20.1 Å². The van der Waals surface area contributed by atoms with Gasteiger partial charge in [0.25, 0.3) is 5.91 Å². The molecule has 0 radical (unpaired) electrons. The van der Waals surface area contributed by atoms with Gasteiger partial charge in [0.05, 0.1) is 12.1 Å². The molecule has 1 amide bonds. The average molecular weight is 407 g/mol. The average Bonchev–Trinajstić information content (AvgIpc) is 2.66. The van der Waals surface area contributed by atoms with Crippen molar-refractivity contribution in [3.63, 3.8) is 0 Å². The van der Waals surface area contributed by atoms with E-state index in [1.54, 1.807) is 31.2 Å². The maximum Gasteiger partial charge on any atom is 0.320 e. The van der Waals surface area contributed by atoms with Crippen LogP contribution in [0.2, 0.25) is 5.02 Å². The highest BCUT2D eigenvalue weighted by Crippen LogP contribution is 2.36. The van der Waals surface area contributed by atoms with Crippen LogP contribution >= 0.6 is 11.6 Å². The van der Waals surface area contributed by atoms with Crippen molar-refractivity contribution in [2.45, 2.75) is 26.4 Å². The summed E-state index contributed by atoms with van der Waals surface area (Å²) in [6.45, 7) is 3.56. The predicted octanol–water partition coefficient (Wildman–Crippen LogP) is 3.24. The number of benzene rings is 2. The van der Waals surface area contributed by atoms with Gasteiger partial charge in [-0.2, -0.15) is 0 Å². The zero-order chi connectivity index (χ0) is 20.7. The molecule has 150 valence electrons. The minimum Gasteiger partial charge on any atom is -0.493 e. The third kappa shape index (κ3) is 6.14. The Morgan fingerprint density at radius 2 is 1.89 bits per heavy atom. The van der Waals surface area contributed by atoms with Crippen LogP contribution in [-0.4, -0.2) is 36.7 Å². The van der Waals surface area contributed by atoms with Crippen molar-refractivity contribution in [2.75, 3.05) is 19.0 Å². The van der Waals surface area contributed by atoms with Gasteiger partial charge in [0, 0.05) is 12.2 Å². The number of aliphatic carboxylic acids is 1. The number of methoxy groups -OCH3 is 1. The van der Waals surface area contributed by atoms with Gasteiger partial charge in [0.15, 0.2) is 18.1 Å². The number of anilines is 1. The van der Waals surface area contributed by atoms with Crippen LogP contribution in [0, 0.1) is 6.92 Å². The highest BCUT2D eigenvalue weighted by atomic mass is 35.5. The highest BCUT2D eigenvalue weighted by Gasteiger charge is 2.15. The highest BCUT2D eigenvalue weighted by molar-refractivity contribution is 6.32. The van der Waals surface area contributed by atoms with E-state index in [1.165, 1.54) is 7.11 Å². The molecule has 0 bridgehead atoms. The van der Waals surface area contributed by atoms with E-state index in [0.717, 1.165) is 11.1 Å². The molecule has 0 aromatic heterocycles. The number of carboxylic acids is 1. The number of hydrogen-bond donors (Lipinski definition) is 3. The van der Waals surface area contributed by atoms with Crippen molar-refractivity contribution in [3.05, 3.63) is 52.5 Å². The Labute approximate surface area is 168 Å². The van der Waals surface area contributed by atoms with Crippen LogP contribution in [0.25, 0.3) is 0 Å². The monoisotopic (exact) mass is 406 g/mol. The summed E-state index contributed by atoms with van der Waals surface area (Å²) in [5.41, 5.74) is 2.50. The number of ether oxygens (including phenoxy) is 2. The Morgan fingerprint density at radius 1 is 1.21 bits per heavy atom. The first-order chi connectivity index (χ1) is 13.3. The van der Waals surface area contributed by atoms with Crippen molar-refractivity contribution >= 4 is 29.2 Å². The molecule has 0 saturated carbocycles. The maximum absolute atomic E-state index is 12.1. The lowest BCUT2D eigenvalue weighted by Gasteiger charge is -2.15. The molecule has 1 atom stereocenters. The molecule has 8 heteroatoms. The number of aryl methyl sites for hydroxylation is 1. The molecule has 2 rings (SSSR count). The lowest BCUT2D eigenvalue weighted by molar-refractivity contribution is -0.139. The third-order valence-electron chi connectivity index (χ3n) is 3.95. The number of rotatable bonds is 9. The fourth-order valence-electron chi connectivity index (χ4n) is 2.35. The summed E-state index contributed by atoms with van der Waals surface area (Å²) in [6, 6.07) is 10.0. The molecule has 0 spiro atoms. The second-order valence-electron chi connectivity index (χ2n) is 6.25. The van der Waals surface area contributed by atoms with Crippen molar-refractivity contribution in [1.29, 1.82) is 0 Å². The van der Waals surface area contributed by atoms with Crippen LogP contribution in [0.1, 0.15) is 18.1 Å². The molecule has 28 heavy (non-hydrogen) atoms. The summed E-state index contributed by atoms with van der Waals surface area (Å²) in [6.07, 6.45) is 0. The SMILES string of the molecule is COc1cc(CNC(C)C(=O)O)cc(Cl)c1OCC(=O)Nc1ccc(C)cc1. The zero-order valence-corrected chi connectivity index (χ0v) is 16.7. The van der Waals surface area contributed by atoms with Gasteiger partial charge < -0.3 is 25.2 Å². The summed E-state index contributed by atoms with van der Waals surface area (Å²) in [5.74, 6) is -0.672. The predicted molar refractivity (Wildman–Crippen MR) is 107 cm³/mol. The lowest BCUT2D eigenvalue weighted by atomic mass is 10.2. The van der Waals surface area contributed by atoms with E-state index in [1.807, 2.05) is 19.1 Å². The molecule has 0 aliphatic heterocycles. The number of nitrogens with one attached hydrogen (secondary N) is 2. The Kier molecular flexibility index (Phi) is 7.66. The van der Waals surface area contributed by atoms with Crippen LogP contribution in [0.3, 0.4) is 0 Å². The first-order valence-corrected chi connectivity index (χ1v) is 9.00. The van der Waals surface area contributed by atoms with Crippen molar-refractivity contribution in [1.82, 2.24) is 5.32 Å². The Balaban J connectivity index is 2.01. The minimum atomic E-state index is -0.947. The van der Waals surface area contributed by atoms with E-state index >= 15 is 0 Å². The summed E-state index contributed by atoms with van der Waals surface area (Å²) in [5, 5.41) is 14.8. The fourth-order valence-corrected chi connectivity index (χ4v) is 2.63. The van der Waals surface area contributed by atoms with Crippen LogP contribution in [0.15, 0.2) is 36.4 Å². The van der Waals surface area contributed by atoms with Gasteiger partial charge in [-0.3, -0.25) is 9.59 Å². The molecule has 0 heterocycles. The van der Waals surface area contributed by atoms with Gasteiger partial charge >= 0.3 is 5.97 Å². The Bertz CT molecular complexity index is 839. The lowest BCUT2D eigenvalue weighted by Crippen LogP contribution is -2.33. The summed E-state index contributed by atoms with van der Waals surface area (Å²) in [4.78, 5) is 23.0. The maximum atomic E-state index is 12.1. The summed E-state index contributed by atoms with van der Waals surface area (Å²) in [7, 11) is 1.46. The minimum absolute atomic E-state index is 0.238. The fraction of sp³-hybridized carbons (Fsp3) is 0.300. The zero-order valence-electron chi connectivity index (χ0n) is 15.9. The molecule has 0 saturated heterocycles. The normalized spacial score (nSPS) is 11.6. The molecule has 7 nitrogen and oxygen atoms in total. The van der Waals surface area contributed by atoms with E-state index in [9.17, 15) is 9.59 Å². The second-order valence-corrected chi connectivity index (χ2v) is 6.66. The first-order valence-electron chi connectivity index (χ1n) is 8.62. The van der Waals surface area contributed by atoms with Gasteiger partial charge in [-0.1, -0.05) is 29.3 Å². The van der Waals surface area contributed by atoms with Crippen LogP contribution in [0.5, 0.6) is 11.5 Å². The number of amides is 1. The first kappa shape index (κ1) is 21.5. The van der Waals surface area contributed by atoms with E-state index < -0.39 is 12.0 Å². The summed E-state index contributed by atoms with van der Waals surface area (Å²) >= 11 is 6.27. The van der Waals surface area contributed by atoms with Crippen molar-refractivity contribution < 1.29 is 24.2 Å². The number of carboxylic acid groups (broad SMARTS) is 1. The van der Waals surface area contributed by atoms with Crippen LogP contribution in [0.4, 0.5) is 5.69 Å². The molecule has 0 aliphatic rings. The van der Waals surface area contributed by atoms with E-state index in [0.29, 0.717) is 11.4 Å². The van der Waals surface area contributed by atoms with Crippen molar-refractivity contribution in [3.8, 4) is 11.5 Å². The molecule has 0 aliphatic carbocycles. The smallest absolute Gasteiger partial charge is 0.320 e. The number of hydrogen-bond acceptors (Lipinski definition) is 5. The third-order valence-corrected chi connectivity index (χ3v) is 4.24. The topological polar surface area (TPSA) is 96.9 Å². The quantitative estimate of drug-likeness (QED) is 0.591. The van der Waals surface area contributed by atoms with Crippen molar-refractivity contribution in [2.24, 2.45) is 0 Å². The molecule has 3 N–H and O–H groups in total. The largest absolute Gasteiger partial charge is 0.493 e.